The number of carbonyl (C=O) groups is 1. The van der Waals surface area contributed by atoms with Crippen LogP contribution in [0.1, 0.15) is 17.5 Å². The van der Waals surface area contributed by atoms with E-state index in [1.54, 1.807) is 29.8 Å². The van der Waals surface area contributed by atoms with Gasteiger partial charge in [0.05, 0.1) is 18.9 Å². The first-order chi connectivity index (χ1) is 9.65. The first-order valence-electron chi connectivity index (χ1n) is 6.36. The van der Waals surface area contributed by atoms with Gasteiger partial charge in [-0.15, -0.1) is 0 Å². The third kappa shape index (κ3) is 3.08. The Bertz CT molecular complexity index is 593. The molecule has 0 bridgehead atoms. The van der Waals surface area contributed by atoms with Crippen molar-refractivity contribution in [1.29, 1.82) is 0 Å². The maximum absolute atomic E-state index is 11.8. The van der Waals surface area contributed by atoms with E-state index in [9.17, 15) is 4.79 Å². The third-order valence-electron chi connectivity index (χ3n) is 2.78. The molecule has 1 heterocycles. The number of aliphatic hydroxyl groups excluding tert-OH is 1. The number of hydrogen-bond donors (Lipinski definition) is 1. The molecule has 1 N–H and O–H groups in total. The number of ether oxygens (including phenoxy) is 1. The normalized spacial score (nSPS) is 10.5. The van der Waals surface area contributed by atoms with Crippen LogP contribution in [0.3, 0.4) is 0 Å². The van der Waals surface area contributed by atoms with Crippen molar-refractivity contribution in [2.45, 2.75) is 13.5 Å². The molecule has 1 aromatic carbocycles. The second-order valence-corrected chi connectivity index (χ2v) is 4.21. The highest BCUT2D eigenvalue weighted by molar-refractivity contribution is 6.32. The molecule has 102 valence electrons. The summed E-state index contributed by atoms with van der Waals surface area (Å²) in [4.78, 5) is 16.1. The first kappa shape index (κ1) is 14.3. The maximum atomic E-state index is 11.8. The zero-order valence-corrected chi connectivity index (χ0v) is 11.2. The van der Waals surface area contributed by atoms with E-state index in [0.717, 1.165) is 5.56 Å². The van der Waals surface area contributed by atoms with Crippen LogP contribution in [-0.4, -0.2) is 41.7 Å². The fourth-order valence-corrected chi connectivity index (χ4v) is 1.85. The van der Waals surface area contributed by atoms with Gasteiger partial charge in [0.1, 0.15) is 7.85 Å². The summed E-state index contributed by atoms with van der Waals surface area (Å²) < 4.78 is 6.55. The van der Waals surface area contributed by atoms with Gasteiger partial charge >= 0.3 is 5.97 Å². The molecule has 2 rings (SSSR count). The lowest BCUT2D eigenvalue weighted by Gasteiger charge is -2.04. The highest BCUT2D eigenvalue weighted by atomic mass is 16.5. The van der Waals surface area contributed by atoms with Gasteiger partial charge in [0, 0.05) is 18.3 Å². The van der Waals surface area contributed by atoms with Crippen LogP contribution in [0.15, 0.2) is 30.5 Å². The zero-order valence-electron chi connectivity index (χ0n) is 11.2. The monoisotopic (exact) mass is 270 g/mol. The number of esters is 1. The minimum Gasteiger partial charge on any atom is -0.460 e. The van der Waals surface area contributed by atoms with Crippen LogP contribution in [0, 0.1) is 0 Å². The smallest absolute Gasteiger partial charge is 0.374 e. The quantitative estimate of drug-likeness (QED) is 0.635. The van der Waals surface area contributed by atoms with Gasteiger partial charge in [0.2, 0.25) is 5.82 Å². The third-order valence-corrected chi connectivity index (χ3v) is 2.78. The molecular weight excluding hydrogens is 255 g/mol. The molecule has 0 amide bonds. The molecule has 0 unspecified atom stereocenters. The Morgan fingerprint density at radius 3 is 2.70 bits per heavy atom. The maximum Gasteiger partial charge on any atom is 0.374 e. The molecule has 0 aliphatic rings. The minimum atomic E-state index is -0.498. The Morgan fingerprint density at radius 2 is 2.10 bits per heavy atom. The predicted octanol–water partition coefficient (Wildman–Crippen LogP) is 0.513. The van der Waals surface area contributed by atoms with Crippen molar-refractivity contribution in [3.63, 3.8) is 0 Å². The van der Waals surface area contributed by atoms with Gasteiger partial charge < -0.3 is 14.4 Å². The van der Waals surface area contributed by atoms with Crippen LogP contribution in [0.4, 0.5) is 0 Å². The molecule has 6 heteroatoms. The van der Waals surface area contributed by atoms with E-state index in [0.29, 0.717) is 11.2 Å². The molecule has 20 heavy (non-hydrogen) atoms. The fraction of sp³-hybridized carbons (Fsp3) is 0.286. The fourth-order valence-electron chi connectivity index (χ4n) is 1.85. The van der Waals surface area contributed by atoms with Crippen molar-refractivity contribution in [2.24, 2.45) is 0 Å². The molecule has 0 fully saturated rings. The second-order valence-electron chi connectivity index (χ2n) is 4.21. The number of aromatic nitrogens is 2. The Hall–Kier alpha value is -2.08. The van der Waals surface area contributed by atoms with Gasteiger partial charge in [-0.2, -0.15) is 0 Å². The number of imidazole rings is 1. The largest absolute Gasteiger partial charge is 0.460 e. The average Bonchev–Trinajstić information content (AvgIpc) is 2.84. The number of carbonyl (C=O) groups excluding carboxylic acids is 1. The van der Waals surface area contributed by atoms with Crippen LogP contribution < -0.4 is 5.46 Å². The van der Waals surface area contributed by atoms with Crippen molar-refractivity contribution in [3.8, 4) is 11.3 Å². The number of aliphatic hydroxyl groups is 1. The molecular formula is C14H15BN2O3. The molecule has 1 aromatic heterocycles. The molecule has 0 saturated heterocycles. The standard InChI is InChI=1S/C14H15BN2O3/c1-2-20-14(19)13-16-12(9-17(13)7-8-18)10-3-5-11(15)6-4-10/h3-6,9,18H,2,7-8H2,1H3. The highest BCUT2D eigenvalue weighted by Crippen LogP contribution is 2.18. The van der Waals surface area contributed by atoms with Crippen LogP contribution in [0.2, 0.25) is 0 Å². The van der Waals surface area contributed by atoms with E-state index in [1.165, 1.54) is 0 Å². The minimum absolute atomic E-state index is 0.0794. The summed E-state index contributed by atoms with van der Waals surface area (Å²) in [5.74, 6) is -0.310. The van der Waals surface area contributed by atoms with Gasteiger partial charge in [-0.1, -0.05) is 29.7 Å². The Balaban J connectivity index is 2.37. The van der Waals surface area contributed by atoms with Gasteiger partial charge in [0.25, 0.3) is 0 Å². The Kier molecular flexibility index (Phi) is 4.58. The predicted molar refractivity (Wildman–Crippen MR) is 76.1 cm³/mol. The summed E-state index contributed by atoms with van der Waals surface area (Å²) in [7, 11) is 5.64. The van der Waals surface area contributed by atoms with Crippen molar-refractivity contribution < 1.29 is 14.6 Å². The van der Waals surface area contributed by atoms with Gasteiger partial charge in [-0.3, -0.25) is 0 Å². The molecule has 0 saturated carbocycles. The first-order valence-corrected chi connectivity index (χ1v) is 6.36. The molecule has 5 nitrogen and oxygen atoms in total. The van der Waals surface area contributed by atoms with Crippen molar-refractivity contribution in [3.05, 3.63) is 36.3 Å². The van der Waals surface area contributed by atoms with Crippen LogP contribution in [-0.2, 0) is 11.3 Å². The summed E-state index contributed by atoms with van der Waals surface area (Å²) >= 11 is 0. The molecule has 0 aliphatic carbocycles. The van der Waals surface area contributed by atoms with E-state index >= 15 is 0 Å². The molecule has 0 aliphatic heterocycles. The van der Waals surface area contributed by atoms with Gasteiger partial charge in [0.15, 0.2) is 0 Å². The summed E-state index contributed by atoms with van der Waals surface area (Å²) in [5.41, 5.74) is 2.15. The van der Waals surface area contributed by atoms with Crippen molar-refractivity contribution >= 4 is 19.3 Å². The molecule has 2 aromatic rings. The lowest BCUT2D eigenvalue weighted by atomic mass is 9.95. The summed E-state index contributed by atoms with van der Waals surface area (Å²) in [6, 6.07) is 7.20. The molecule has 0 spiro atoms. The Morgan fingerprint density at radius 1 is 1.40 bits per heavy atom. The summed E-state index contributed by atoms with van der Waals surface area (Å²) in [6.07, 6.45) is 1.72. The van der Waals surface area contributed by atoms with Gasteiger partial charge in [-0.25, -0.2) is 9.78 Å². The van der Waals surface area contributed by atoms with Crippen molar-refractivity contribution in [1.82, 2.24) is 9.55 Å². The van der Waals surface area contributed by atoms with Crippen molar-refractivity contribution in [2.75, 3.05) is 13.2 Å². The van der Waals surface area contributed by atoms with E-state index in [1.807, 2.05) is 12.1 Å². The number of rotatable bonds is 5. The zero-order chi connectivity index (χ0) is 14.5. The topological polar surface area (TPSA) is 64.4 Å². The summed E-state index contributed by atoms with van der Waals surface area (Å²) in [5, 5.41) is 9.05. The lowest BCUT2D eigenvalue weighted by molar-refractivity contribution is 0.0505. The van der Waals surface area contributed by atoms with Crippen LogP contribution in [0.5, 0.6) is 0 Å². The average molecular weight is 270 g/mol. The number of nitrogens with zero attached hydrogens (tertiary/aromatic N) is 2. The summed E-state index contributed by atoms with van der Waals surface area (Å²) in [6.45, 7) is 2.22. The highest BCUT2D eigenvalue weighted by Gasteiger charge is 2.17. The van der Waals surface area contributed by atoms with E-state index in [2.05, 4.69) is 4.98 Å². The Labute approximate surface area is 118 Å². The molecule has 0 atom stereocenters. The van der Waals surface area contributed by atoms with E-state index in [4.69, 9.17) is 17.7 Å². The lowest BCUT2D eigenvalue weighted by Crippen LogP contribution is -2.14. The van der Waals surface area contributed by atoms with Gasteiger partial charge in [-0.05, 0) is 6.92 Å². The van der Waals surface area contributed by atoms with E-state index in [-0.39, 0.29) is 25.6 Å². The van der Waals surface area contributed by atoms with E-state index < -0.39 is 5.97 Å². The van der Waals surface area contributed by atoms with Crippen LogP contribution in [0.25, 0.3) is 11.3 Å². The number of benzene rings is 1. The second kappa shape index (κ2) is 6.39. The molecule has 2 radical (unpaired) electrons. The number of hydrogen-bond acceptors (Lipinski definition) is 4. The van der Waals surface area contributed by atoms with Crippen LogP contribution >= 0.6 is 0 Å². The SMILES string of the molecule is [B]c1ccc(-c2cn(CCO)c(C(=O)OCC)n2)cc1.